The minimum atomic E-state index is 0.877. The highest BCUT2D eigenvalue weighted by atomic mass is 32.1. The third-order valence-electron chi connectivity index (χ3n) is 3.07. The first kappa shape index (κ1) is 10.4. The van der Waals surface area contributed by atoms with Crippen molar-refractivity contribution >= 4 is 22.0 Å². The van der Waals surface area contributed by atoms with E-state index in [2.05, 4.69) is 47.0 Å². The Morgan fingerprint density at radius 2 is 2.00 bits per heavy atom. The van der Waals surface area contributed by atoms with Gasteiger partial charge in [0.05, 0.1) is 5.69 Å². The van der Waals surface area contributed by atoms with Gasteiger partial charge in [-0.15, -0.1) is 11.3 Å². The standard InChI is InChI=1S/C14H14N2S/c1-2-10-8-13-16(14(10)15)12(9-17-13)11-6-4-3-5-7-11/h3-9H,2,15H2,1H3. The van der Waals surface area contributed by atoms with Crippen LogP contribution in [0.2, 0.25) is 0 Å². The third-order valence-corrected chi connectivity index (χ3v) is 3.95. The summed E-state index contributed by atoms with van der Waals surface area (Å²) in [5, 5.41) is 2.17. The summed E-state index contributed by atoms with van der Waals surface area (Å²) in [4.78, 5) is 1.22. The Bertz CT molecular complexity index is 649. The van der Waals surface area contributed by atoms with Crippen LogP contribution >= 0.6 is 11.3 Å². The molecule has 0 aliphatic carbocycles. The lowest BCUT2D eigenvalue weighted by atomic mass is 10.2. The fraction of sp³-hybridized carbons (Fsp3) is 0.143. The number of anilines is 1. The van der Waals surface area contributed by atoms with E-state index in [0.717, 1.165) is 12.2 Å². The summed E-state index contributed by atoms with van der Waals surface area (Å²) in [6.45, 7) is 2.14. The van der Waals surface area contributed by atoms with Crippen LogP contribution in [0.5, 0.6) is 0 Å². The van der Waals surface area contributed by atoms with Gasteiger partial charge in [0.15, 0.2) is 0 Å². The van der Waals surface area contributed by atoms with Gasteiger partial charge in [-0.25, -0.2) is 0 Å². The Labute approximate surface area is 104 Å². The number of hydrogen-bond acceptors (Lipinski definition) is 2. The first-order valence-electron chi connectivity index (χ1n) is 5.74. The zero-order chi connectivity index (χ0) is 11.8. The smallest absolute Gasteiger partial charge is 0.112 e. The van der Waals surface area contributed by atoms with Crippen LogP contribution in [0, 0.1) is 0 Å². The monoisotopic (exact) mass is 242 g/mol. The molecule has 86 valence electrons. The number of nitrogen functional groups attached to an aromatic ring is 1. The quantitative estimate of drug-likeness (QED) is 0.727. The molecule has 17 heavy (non-hydrogen) atoms. The molecular weight excluding hydrogens is 228 g/mol. The first-order chi connectivity index (χ1) is 8.31. The zero-order valence-corrected chi connectivity index (χ0v) is 10.5. The molecule has 2 heterocycles. The fourth-order valence-corrected chi connectivity index (χ4v) is 3.13. The minimum absolute atomic E-state index is 0.877. The van der Waals surface area contributed by atoms with Crippen LogP contribution in [0.1, 0.15) is 12.5 Å². The zero-order valence-electron chi connectivity index (χ0n) is 9.68. The highest BCUT2D eigenvalue weighted by molar-refractivity contribution is 7.16. The van der Waals surface area contributed by atoms with E-state index in [1.165, 1.54) is 21.7 Å². The van der Waals surface area contributed by atoms with E-state index >= 15 is 0 Å². The van der Waals surface area contributed by atoms with Crippen LogP contribution in [0.3, 0.4) is 0 Å². The Morgan fingerprint density at radius 1 is 1.24 bits per heavy atom. The molecule has 1 aromatic carbocycles. The Balaban J connectivity index is 2.27. The summed E-state index contributed by atoms with van der Waals surface area (Å²) >= 11 is 1.74. The van der Waals surface area contributed by atoms with Crippen LogP contribution in [-0.2, 0) is 6.42 Å². The van der Waals surface area contributed by atoms with Gasteiger partial charge < -0.3 is 5.73 Å². The van der Waals surface area contributed by atoms with Gasteiger partial charge in [0, 0.05) is 5.38 Å². The topological polar surface area (TPSA) is 30.4 Å². The first-order valence-corrected chi connectivity index (χ1v) is 6.62. The normalized spacial score (nSPS) is 11.1. The molecule has 0 spiro atoms. The molecule has 2 aromatic heterocycles. The summed E-state index contributed by atoms with van der Waals surface area (Å²) in [5.74, 6) is 0.877. The van der Waals surface area contributed by atoms with Crippen LogP contribution in [0.25, 0.3) is 16.1 Å². The lowest BCUT2D eigenvalue weighted by molar-refractivity contribution is 1.13. The Kier molecular flexibility index (Phi) is 2.41. The predicted molar refractivity (Wildman–Crippen MR) is 74.5 cm³/mol. The van der Waals surface area contributed by atoms with Crippen molar-refractivity contribution in [3.05, 3.63) is 47.3 Å². The van der Waals surface area contributed by atoms with Crippen molar-refractivity contribution in [3.8, 4) is 11.3 Å². The number of nitrogens with zero attached hydrogens (tertiary/aromatic N) is 1. The fourth-order valence-electron chi connectivity index (χ4n) is 2.14. The average molecular weight is 242 g/mol. The Morgan fingerprint density at radius 3 is 2.71 bits per heavy atom. The van der Waals surface area contributed by atoms with E-state index in [0.29, 0.717) is 0 Å². The van der Waals surface area contributed by atoms with E-state index in [-0.39, 0.29) is 0 Å². The van der Waals surface area contributed by atoms with Crippen molar-refractivity contribution in [2.24, 2.45) is 0 Å². The molecule has 3 aromatic rings. The SMILES string of the molecule is CCc1cc2scc(-c3ccccc3)n2c1N. The third kappa shape index (κ3) is 1.54. The molecule has 0 amide bonds. The second-order valence-corrected chi connectivity index (χ2v) is 4.96. The number of aromatic nitrogens is 1. The molecule has 0 radical (unpaired) electrons. The van der Waals surface area contributed by atoms with Crippen molar-refractivity contribution < 1.29 is 0 Å². The number of benzene rings is 1. The van der Waals surface area contributed by atoms with Gasteiger partial charge in [-0.1, -0.05) is 37.3 Å². The summed E-state index contributed by atoms with van der Waals surface area (Å²) < 4.78 is 2.15. The van der Waals surface area contributed by atoms with Crippen LogP contribution in [-0.4, -0.2) is 4.40 Å². The van der Waals surface area contributed by atoms with Crippen molar-refractivity contribution in [3.63, 3.8) is 0 Å². The second-order valence-electron chi connectivity index (χ2n) is 4.07. The second kappa shape index (κ2) is 3.93. The minimum Gasteiger partial charge on any atom is -0.385 e. The van der Waals surface area contributed by atoms with Gasteiger partial charge in [0.2, 0.25) is 0 Å². The molecular formula is C14H14N2S. The van der Waals surface area contributed by atoms with Crippen molar-refractivity contribution in [2.45, 2.75) is 13.3 Å². The summed E-state index contributed by atoms with van der Waals surface area (Å²) in [6.07, 6.45) is 0.981. The molecule has 0 unspecified atom stereocenters. The van der Waals surface area contributed by atoms with E-state index in [1.807, 2.05) is 6.07 Å². The van der Waals surface area contributed by atoms with Gasteiger partial charge in [-0.2, -0.15) is 0 Å². The van der Waals surface area contributed by atoms with E-state index < -0.39 is 0 Å². The Hall–Kier alpha value is -1.74. The van der Waals surface area contributed by atoms with Crippen molar-refractivity contribution in [1.82, 2.24) is 4.40 Å². The molecule has 0 saturated heterocycles. The average Bonchev–Trinajstić information content (AvgIpc) is 2.91. The highest BCUT2D eigenvalue weighted by Gasteiger charge is 2.12. The van der Waals surface area contributed by atoms with E-state index in [9.17, 15) is 0 Å². The lowest BCUT2D eigenvalue weighted by Gasteiger charge is -2.02. The van der Waals surface area contributed by atoms with Crippen LogP contribution < -0.4 is 5.73 Å². The predicted octanol–water partition coefficient (Wildman–Crippen LogP) is 3.81. The van der Waals surface area contributed by atoms with Gasteiger partial charge in [-0.05, 0) is 23.6 Å². The van der Waals surface area contributed by atoms with Gasteiger partial charge in [0.1, 0.15) is 10.6 Å². The van der Waals surface area contributed by atoms with Crippen molar-refractivity contribution in [2.75, 3.05) is 5.73 Å². The summed E-state index contributed by atoms with van der Waals surface area (Å²) in [6, 6.07) is 12.6. The number of fused-ring (bicyclic) bond motifs is 1. The molecule has 0 saturated carbocycles. The molecule has 0 aliphatic rings. The van der Waals surface area contributed by atoms with Gasteiger partial charge in [-0.3, -0.25) is 4.40 Å². The lowest BCUT2D eigenvalue weighted by Crippen LogP contribution is -1.96. The van der Waals surface area contributed by atoms with E-state index in [1.54, 1.807) is 11.3 Å². The number of rotatable bonds is 2. The molecule has 2 nitrogen and oxygen atoms in total. The maximum Gasteiger partial charge on any atom is 0.112 e. The molecule has 0 atom stereocenters. The van der Waals surface area contributed by atoms with Crippen LogP contribution in [0.4, 0.5) is 5.82 Å². The molecule has 3 rings (SSSR count). The highest BCUT2D eigenvalue weighted by Crippen LogP contribution is 2.32. The number of nitrogens with two attached hydrogens (primary N) is 1. The summed E-state index contributed by atoms with van der Waals surface area (Å²) in [7, 11) is 0. The summed E-state index contributed by atoms with van der Waals surface area (Å²) in [5.41, 5.74) is 9.83. The molecule has 0 bridgehead atoms. The molecule has 2 N–H and O–H groups in total. The molecule has 3 heteroatoms. The maximum atomic E-state index is 6.20. The van der Waals surface area contributed by atoms with Crippen molar-refractivity contribution in [1.29, 1.82) is 0 Å². The van der Waals surface area contributed by atoms with Gasteiger partial charge >= 0.3 is 0 Å². The number of hydrogen-bond donors (Lipinski definition) is 1. The largest absolute Gasteiger partial charge is 0.385 e. The van der Waals surface area contributed by atoms with Crippen LogP contribution in [0.15, 0.2) is 41.8 Å². The van der Waals surface area contributed by atoms with E-state index in [4.69, 9.17) is 5.73 Å². The number of thiazole rings is 1. The maximum absolute atomic E-state index is 6.20. The number of aryl methyl sites for hydroxylation is 1. The van der Waals surface area contributed by atoms with Gasteiger partial charge in [0.25, 0.3) is 0 Å². The molecule has 0 fully saturated rings. The molecule has 0 aliphatic heterocycles.